The summed E-state index contributed by atoms with van der Waals surface area (Å²) in [6.07, 6.45) is 1.25. The van der Waals surface area contributed by atoms with E-state index < -0.39 is 23.5 Å². The van der Waals surface area contributed by atoms with Crippen LogP contribution in [0.2, 0.25) is 5.02 Å². The van der Waals surface area contributed by atoms with Crippen LogP contribution in [0.5, 0.6) is 0 Å². The second kappa shape index (κ2) is 10.2. The van der Waals surface area contributed by atoms with Crippen molar-refractivity contribution in [3.8, 4) is 5.69 Å². The van der Waals surface area contributed by atoms with Crippen molar-refractivity contribution in [2.45, 2.75) is 44.3 Å². The molecule has 10 nitrogen and oxygen atoms in total. The largest absolute Gasteiger partial charge is 0.328 e. The minimum Gasteiger partial charge on any atom is -0.328 e. The molecule has 39 heavy (non-hydrogen) atoms. The van der Waals surface area contributed by atoms with E-state index >= 15 is 0 Å². The summed E-state index contributed by atoms with van der Waals surface area (Å²) in [5.74, 6) is -0.971. The molecule has 3 aromatic rings. The maximum Gasteiger partial charge on any atom is 0.302 e. The molecule has 1 spiro atoms. The van der Waals surface area contributed by atoms with E-state index in [1.807, 2.05) is 38.1 Å². The molecule has 1 saturated heterocycles. The number of carbonyl (C=O) groups excluding carboxylic acids is 3. The summed E-state index contributed by atoms with van der Waals surface area (Å²) in [5.41, 5.74) is 1.22. The van der Waals surface area contributed by atoms with Crippen LogP contribution in [-0.2, 0) is 15.0 Å². The van der Waals surface area contributed by atoms with Gasteiger partial charge in [-0.15, -0.1) is 5.10 Å². The summed E-state index contributed by atoms with van der Waals surface area (Å²) >= 11 is 6.08. The van der Waals surface area contributed by atoms with Gasteiger partial charge in [-0.25, -0.2) is 11.3 Å². The van der Waals surface area contributed by atoms with Gasteiger partial charge in [0, 0.05) is 24.3 Å². The van der Waals surface area contributed by atoms with Gasteiger partial charge >= 0.3 is 6.17 Å². The third-order valence-electron chi connectivity index (χ3n) is 7.44. The lowest BCUT2D eigenvalue weighted by Crippen LogP contribution is -2.51. The van der Waals surface area contributed by atoms with Crippen LogP contribution in [0.4, 0.5) is 5.69 Å². The Balaban J connectivity index is 1.42. The van der Waals surface area contributed by atoms with Gasteiger partial charge in [0.1, 0.15) is 11.5 Å². The van der Waals surface area contributed by atoms with E-state index in [-0.39, 0.29) is 36.4 Å². The molecule has 0 saturated carbocycles. The Bertz CT molecular complexity index is 1500. The lowest BCUT2D eigenvalue weighted by atomic mass is 9.80. The van der Waals surface area contributed by atoms with Crippen molar-refractivity contribution in [2.24, 2.45) is 5.92 Å². The van der Waals surface area contributed by atoms with Crippen LogP contribution in [0.25, 0.3) is 10.5 Å². The van der Waals surface area contributed by atoms with Gasteiger partial charge in [0.05, 0.1) is 18.3 Å². The Hall–Kier alpha value is -4.23. The number of anilines is 1. The standard InChI is InChI=1S/C28H28ClN7O3/c1-17(2)12-23(34(4)25(37)22-15-36(33-32-22)19-9-7-8-18(29)13-19)26(38)35-16-28(14-24(35)30-3)20-10-5-6-11-21(20)31-27(28)39/h5-11,13,15,17,23-24H,12,14,16H2,1-2,4H3,(H,31,39)/t23-,24-,28-/m0/s1. The van der Waals surface area contributed by atoms with Gasteiger partial charge in [-0.3, -0.25) is 24.1 Å². The van der Waals surface area contributed by atoms with Crippen LogP contribution in [0.15, 0.2) is 54.7 Å². The van der Waals surface area contributed by atoms with Crippen LogP contribution in [0.1, 0.15) is 42.7 Å². The molecule has 0 unspecified atom stereocenters. The number of carbonyl (C=O) groups is 3. The molecule has 1 aromatic heterocycles. The summed E-state index contributed by atoms with van der Waals surface area (Å²) in [6.45, 7) is 11.8. The van der Waals surface area contributed by atoms with E-state index in [1.54, 1.807) is 31.3 Å². The highest BCUT2D eigenvalue weighted by Crippen LogP contribution is 2.47. The number of para-hydroxylation sites is 1. The first-order valence-electron chi connectivity index (χ1n) is 12.7. The highest BCUT2D eigenvalue weighted by atomic mass is 35.5. The van der Waals surface area contributed by atoms with Gasteiger partial charge in [0.25, 0.3) is 11.8 Å². The number of amides is 3. The average Bonchev–Trinajstić information content (AvgIpc) is 3.63. The molecule has 200 valence electrons. The fourth-order valence-corrected chi connectivity index (χ4v) is 5.63. The van der Waals surface area contributed by atoms with Crippen LogP contribution >= 0.6 is 11.6 Å². The Morgan fingerprint density at radius 1 is 1.26 bits per heavy atom. The van der Waals surface area contributed by atoms with E-state index in [0.29, 0.717) is 22.8 Å². The van der Waals surface area contributed by atoms with E-state index in [2.05, 4.69) is 20.5 Å². The molecule has 0 aliphatic carbocycles. The Morgan fingerprint density at radius 2 is 2.03 bits per heavy atom. The zero-order valence-corrected chi connectivity index (χ0v) is 22.6. The quantitative estimate of drug-likeness (QED) is 0.475. The average molecular weight is 546 g/mol. The molecule has 5 rings (SSSR count). The number of likely N-dealkylation sites (N-methyl/N-ethyl adjacent to an activating group) is 1. The van der Waals surface area contributed by atoms with Gasteiger partial charge in [-0.05, 0) is 42.2 Å². The topological polar surface area (TPSA) is 105 Å². The van der Waals surface area contributed by atoms with Crippen molar-refractivity contribution in [1.82, 2.24) is 24.8 Å². The summed E-state index contributed by atoms with van der Waals surface area (Å²) in [4.78, 5) is 47.3. The zero-order chi connectivity index (χ0) is 27.9. The zero-order valence-electron chi connectivity index (χ0n) is 21.8. The number of fused-ring (bicyclic) bond motifs is 2. The van der Waals surface area contributed by atoms with Gasteiger partial charge in [0.15, 0.2) is 5.69 Å². The van der Waals surface area contributed by atoms with Crippen LogP contribution in [-0.4, -0.2) is 68.3 Å². The van der Waals surface area contributed by atoms with Gasteiger partial charge in [0.2, 0.25) is 5.91 Å². The van der Waals surface area contributed by atoms with E-state index in [0.717, 1.165) is 5.56 Å². The number of aromatic nitrogens is 3. The maximum absolute atomic E-state index is 14.1. The van der Waals surface area contributed by atoms with Crippen molar-refractivity contribution in [3.05, 3.63) is 82.4 Å². The molecule has 0 bridgehead atoms. The minimum atomic E-state index is -0.994. The first-order valence-corrected chi connectivity index (χ1v) is 13.1. The summed E-state index contributed by atoms with van der Waals surface area (Å²) < 4.78 is 1.45. The molecule has 3 atom stereocenters. The maximum atomic E-state index is 14.1. The molecule has 2 aliphatic rings. The molecule has 2 aromatic carbocycles. The molecule has 1 N–H and O–H groups in total. The molecule has 11 heteroatoms. The third kappa shape index (κ3) is 4.63. The highest BCUT2D eigenvalue weighted by molar-refractivity contribution is 6.30. The molecule has 3 amide bonds. The molecule has 0 radical (unpaired) electrons. The predicted molar refractivity (Wildman–Crippen MR) is 145 cm³/mol. The van der Waals surface area contributed by atoms with Crippen molar-refractivity contribution < 1.29 is 14.4 Å². The van der Waals surface area contributed by atoms with Crippen LogP contribution in [0, 0.1) is 12.5 Å². The van der Waals surface area contributed by atoms with Gasteiger partial charge < -0.3 is 10.2 Å². The monoisotopic (exact) mass is 545 g/mol. The molecule has 1 fully saturated rings. The first kappa shape index (κ1) is 26.4. The number of nitrogens with one attached hydrogen (secondary N) is 1. The lowest BCUT2D eigenvalue weighted by Gasteiger charge is -2.31. The fourth-order valence-electron chi connectivity index (χ4n) is 5.45. The molecule has 2 aliphatic heterocycles. The molecule has 3 heterocycles. The smallest absolute Gasteiger partial charge is 0.302 e. The number of nitrogens with zero attached hydrogens (tertiary/aromatic N) is 6. The van der Waals surface area contributed by atoms with E-state index in [1.165, 1.54) is 20.7 Å². The Labute approximate surface area is 231 Å². The number of hydrogen-bond donors (Lipinski definition) is 1. The highest BCUT2D eigenvalue weighted by Gasteiger charge is 2.59. The molecular formula is C28H28ClN7O3. The lowest BCUT2D eigenvalue weighted by molar-refractivity contribution is -0.136. The van der Waals surface area contributed by atoms with Crippen LogP contribution < -0.4 is 5.32 Å². The van der Waals surface area contributed by atoms with Crippen molar-refractivity contribution in [1.29, 1.82) is 0 Å². The van der Waals surface area contributed by atoms with Crippen molar-refractivity contribution in [3.63, 3.8) is 0 Å². The summed E-state index contributed by atoms with van der Waals surface area (Å²) in [7, 11) is 1.56. The number of benzene rings is 2. The second-order valence-corrected chi connectivity index (χ2v) is 10.9. The SMILES string of the molecule is [C-]#[N+][C@@H]1C[C@@]2(CN1C(=O)[C@H](CC(C)C)N(C)C(=O)c1cn(-c3cccc(Cl)c3)nn1)C(=O)Nc1ccccc12. The number of likely N-dealkylation sites (tertiary alicyclic amines) is 1. The predicted octanol–water partition coefficient (Wildman–Crippen LogP) is 3.78. The first-order chi connectivity index (χ1) is 18.6. The molecular weight excluding hydrogens is 518 g/mol. The van der Waals surface area contributed by atoms with Crippen molar-refractivity contribution in [2.75, 3.05) is 18.9 Å². The number of hydrogen-bond acceptors (Lipinski definition) is 5. The van der Waals surface area contributed by atoms with E-state index in [4.69, 9.17) is 18.2 Å². The van der Waals surface area contributed by atoms with Crippen LogP contribution in [0.3, 0.4) is 0 Å². The van der Waals surface area contributed by atoms with E-state index in [9.17, 15) is 14.4 Å². The normalized spacial score (nSPS) is 20.6. The van der Waals surface area contributed by atoms with Crippen molar-refractivity contribution >= 4 is 35.0 Å². The fraction of sp³-hybridized carbons (Fsp3) is 0.357. The summed E-state index contributed by atoms with van der Waals surface area (Å²) in [6, 6.07) is 13.5. The number of halogens is 1. The Morgan fingerprint density at radius 3 is 2.74 bits per heavy atom. The third-order valence-corrected chi connectivity index (χ3v) is 7.68. The van der Waals surface area contributed by atoms with Gasteiger partial charge in [-0.2, -0.15) is 0 Å². The minimum absolute atomic E-state index is 0.0720. The number of rotatable bonds is 6. The Kier molecular flexibility index (Phi) is 6.87. The summed E-state index contributed by atoms with van der Waals surface area (Å²) in [5, 5.41) is 11.5. The second-order valence-electron chi connectivity index (χ2n) is 10.5. The van der Waals surface area contributed by atoms with Gasteiger partial charge in [-0.1, -0.05) is 54.9 Å².